The largest absolute Gasteiger partial charge is 0.494 e. The van der Waals surface area contributed by atoms with Gasteiger partial charge in [-0.2, -0.15) is 0 Å². The van der Waals surface area contributed by atoms with Gasteiger partial charge in [0.2, 0.25) is 0 Å². The van der Waals surface area contributed by atoms with Gasteiger partial charge in [-0.15, -0.1) is 0 Å². The number of amides is 1. The summed E-state index contributed by atoms with van der Waals surface area (Å²) in [7, 11) is 1.64. The fourth-order valence-electron chi connectivity index (χ4n) is 3.20. The van der Waals surface area contributed by atoms with Crippen LogP contribution in [0.2, 0.25) is 0 Å². The van der Waals surface area contributed by atoms with Gasteiger partial charge in [0.25, 0.3) is 5.91 Å². The van der Waals surface area contributed by atoms with E-state index in [1.807, 2.05) is 24.3 Å². The number of carbonyl (C=O) groups excluding carboxylic acids is 1. The van der Waals surface area contributed by atoms with E-state index < -0.39 is 5.60 Å². The zero-order chi connectivity index (χ0) is 16.7. The number of carbonyl (C=O) groups is 1. The first-order chi connectivity index (χ1) is 11.1. The van der Waals surface area contributed by atoms with E-state index in [2.05, 4.69) is 19.2 Å². The Labute approximate surface area is 139 Å². The topological polar surface area (TPSA) is 47.6 Å². The van der Waals surface area contributed by atoms with Crippen molar-refractivity contribution in [3.05, 3.63) is 24.3 Å². The van der Waals surface area contributed by atoms with Crippen LogP contribution in [0.25, 0.3) is 0 Å². The molecule has 128 valence electrons. The molecule has 1 aromatic rings. The maximum atomic E-state index is 12.7. The minimum absolute atomic E-state index is 0.0359. The van der Waals surface area contributed by atoms with Crippen LogP contribution in [0.5, 0.6) is 5.75 Å². The van der Waals surface area contributed by atoms with Gasteiger partial charge in [0.1, 0.15) is 11.4 Å². The second-order valence-corrected chi connectivity index (χ2v) is 6.58. The third-order valence-corrected chi connectivity index (χ3v) is 4.64. The number of nitrogens with one attached hydrogen (secondary N) is 1. The third-order valence-electron chi connectivity index (χ3n) is 4.64. The Morgan fingerprint density at radius 2 is 2.09 bits per heavy atom. The number of ether oxygens (including phenoxy) is 2. The Balaban J connectivity index is 1.96. The molecule has 0 bridgehead atoms. The van der Waals surface area contributed by atoms with E-state index in [0.29, 0.717) is 5.92 Å². The molecule has 0 aliphatic heterocycles. The Morgan fingerprint density at radius 1 is 1.35 bits per heavy atom. The highest BCUT2D eigenvalue weighted by atomic mass is 16.5. The second-order valence-electron chi connectivity index (χ2n) is 6.58. The third kappa shape index (κ3) is 4.71. The number of unbranched alkanes of at least 4 members (excludes halogenated alkanes) is 1. The van der Waals surface area contributed by atoms with E-state index in [-0.39, 0.29) is 5.91 Å². The van der Waals surface area contributed by atoms with Crippen LogP contribution >= 0.6 is 0 Å². The molecule has 2 atom stereocenters. The van der Waals surface area contributed by atoms with E-state index in [1.54, 1.807) is 7.11 Å². The maximum Gasteiger partial charge on any atom is 0.256 e. The monoisotopic (exact) mass is 319 g/mol. The van der Waals surface area contributed by atoms with Crippen molar-refractivity contribution in [2.24, 2.45) is 5.92 Å². The smallest absolute Gasteiger partial charge is 0.256 e. The number of hydrogen-bond acceptors (Lipinski definition) is 3. The lowest BCUT2D eigenvalue weighted by Gasteiger charge is -2.37. The van der Waals surface area contributed by atoms with E-state index >= 15 is 0 Å². The molecular formula is C19H29NO3. The van der Waals surface area contributed by atoms with Gasteiger partial charge in [-0.1, -0.05) is 26.7 Å². The molecule has 4 heteroatoms. The second kappa shape index (κ2) is 8.34. The van der Waals surface area contributed by atoms with Crippen molar-refractivity contribution in [3.8, 4) is 5.75 Å². The van der Waals surface area contributed by atoms with E-state index in [1.165, 1.54) is 6.42 Å². The van der Waals surface area contributed by atoms with Crippen LogP contribution < -0.4 is 10.1 Å². The number of rotatable bonds is 7. The normalized spacial score (nSPS) is 24.2. The van der Waals surface area contributed by atoms with Crippen LogP contribution in [0.15, 0.2) is 24.3 Å². The van der Waals surface area contributed by atoms with Gasteiger partial charge in [-0.25, -0.2) is 0 Å². The lowest BCUT2D eigenvalue weighted by Crippen LogP contribution is -2.47. The van der Waals surface area contributed by atoms with Crippen molar-refractivity contribution in [2.75, 3.05) is 19.0 Å². The molecule has 1 N–H and O–H groups in total. The van der Waals surface area contributed by atoms with Crippen LogP contribution in [-0.2, 0) is 9.53 Å². The molecule has 23 heavy (non-hydrogen) atoms. The van der Waals surface area contributed by atoms with Crippen LogP contribution in [0.3, 0.4) is 0 Å². The number of hydrogen-bond donors (Lipinski definition) is 1. The van der Waals surface area contributed by atoms with Gasteiger partial charge >= 0.3 is 0 Å². The van der Waals surface area contributed by atoms with E-state index in [0.717, 1.165) is 50.1 Å². The average molecular weight is 319 g/mol. The summed E-state index contributed by atoms with van der Waals surface area (Å²) in [6.07, 6.45) is 5.94. The van der Waals surface area contributed by atoms with Crippen molar-refractivity contribution in [1.82, 2.24) is 0 Å². The zero-order valence-corrected chi connectivity index (χ0v) is 14.6. The van der Waals surface area contributed by atoms with Crippen molar-refractivity contribution < 1.29 is 14.3 Å². The van der Waals surface area contributed by atoms with Crippen molar-refractivity contribution in [3.63, 3.8) is 0 Å². The number of anilines is 1. The van der Waals surface area contributed by atoms with Crippen LogP contribution in [0.1, 0.15) is 52.4 Å². The van der Waals surface area contributed by atoms with Gasteiger partial charge in [0.05, 0.1) is 6.61 Å². The van der Waals surface area contributed by atoms with Crippen LogP contribution in [-0.4, -0.2) is 25.2 Å². The molecule has 0 unspecified atom stereocenters. The van der Waals surface area contributed by atoms with Crippen LogP contribution in [0.4, 0.5) is 5.69 Å². The SMILES string of the molecule is CCCCOc1ccc(NC(=O)[C@@]2(OC)CCC[C@@H](C)C2)cc1. The molecule has 0 aromatic heterocycles. The summed E-state index contributed by atoms with van der Waals surface area (Å²) in [5, 5.41) is 3.00. The number of benzene rings is 1. The minimum atomic E-state index is -0.687. The molecule has 1 saturated carbocycles. The van der Waals surface area contributed by atoms with Gasteiger partial charge < -0.3 is 14.8 Å². The molecular weight excluding hydrogens is 290 g/mol. The number of methoxy groups -OCH3 is 1. The first kappa shape index (κ1) is 17.8. The lowest BCUT2D eigenvalue weighted by molar-refractivity contribution is -0.143. The van der Waals surface area contributed by atoms with Gasteiger partial charge in [-0.3, -0.25) is 4.79 Å². The summed E-state index contributed by atoms with van der Waals surface area (Å²) in [6, 6.07) is 7.56. The van der Waals surface area contributed by atoms with E-state index in [4.69, 9.17) is 9.47 Å². The molecule has 0 spiro atoms. The van der Waals surface area contributed by atoms with Crippen molar-refractivity contribution >= 4 is 11.6 Å². The molecule has 0 saturated heterocycles. The molecule has 1 aliphatic carbocycles. The summed E-state index contributed by atoms with van der Waals surface area (Å²) >= 11 is 0. The standard InChI is InChI=1S/C19H29NO3/c1-4-5-13-23-17-10-8-16(9-11-17)20-18(21)19(22-3)12-6-7-15(2)14-19/h8-11,15H,4-7,12-14H2,1-3H3,(H,20,21)/t15-,19-/m1/s1. The van der Waals surface area contributed by atoms with Crippen molar-refractivity contribution in [1.29, 1.82) is 0 Å². The molecule has 1 fully saturated rings. The van der Waals surface area contributed by atoms with Gasteiger partial charge in [0.15, 0.2) is 0 Å². The Morgan fingerprint density at radius 3 is 2.70 bits per heavy atom. The molecule has 1 aromatic carbocycles. The molecule has 4 nitrogen and oxygen atoms in total. The zero-order valence-electron chi connectivity index (χ0n) is 14.6. The Bertz CT molecular complexity index is 500. The van der Waals surface area contributed by atoms with Crippen molar-refractivity contribution in [2.45, 2.75) is 58.0 Å². The van der Waals surface area contributed by atoms with E-state index in [9.17, 15) is 4.79 Å². The fourth-order valence-corrected chi connectivity index (χ4v) is 3.20. The molecule has 2 rings (SSSR count). The minimum Gasteiger partial charge on any atom is -0.494 e. The molecule has 0 heterocycles. The quantitative estimate of drug-likeness (QED) is 0.758. The van der Waals surface area contributed by atoms with Gasteiger partial charge in [-0.05, 0) is 55.9 Å². The first-order valence-electron chi connectivity index (χ1n) is 8.69. The summed E-state index contributed by atoms with van der Waals surface area (Å²) in [4.78, 5) is 12.7. The predicted octanol–water partition coefficient (Wildman–Crippen LogP) is 4.40. The molecule has 0 radical (unpaired) electrons. The Hall–Kier alpha value is -1.55. The average Bonchev–Trinajstić information content (AvgIpc) is 2.56. The lowest BCUT2D eigenvalue weighted by atomic mass is 9.78. The van der Waals surface area contributed by atoms with Gasteiger partial charge in [0, 0.05) is 12.8 Å². The molecule has 1 aliphatic rings. The highest BCUT2D eigenvalue weighted by molar-refractivity contribution is 5.97. The predicted molar refractivity (Wildman–Crippen MR) is 92.8 cm³/mol. The summed E-state index contributed by atoms with van der Waals surface area (Å²) in [5.74, 6) is 1.32. The maximum absolute atomic E-state index is 12.7. The fraction of sp³-hybridized carbons (Fsp3) is 0.632. The molecule has 1 amide bonds. The first-order valence-corrected chi connectivity index (χ1v) is 8.69. The van der Waals surface area contributed by atoms with Crippen LogP contribution in [0, 0.1) is 5.92 Å². The highest BCUT2D eigenvalue weighted by Gasteiger charge is 2.41. The summed E-state index contributed by atoms with van der Waals surface area (Å²) in [5.41, 5.74) is 0.0982. The highest BCUT2D eigenvalue weighted by Crippen LogP contribution is 2.35. The summed E-state index contributed by atoms with van der Waals surface area (Å²) < 4.78 is 11.3. The Kier molecular flexibility index (Phi) is 6.46. The summed E-state index contributed by atoms with van der Waals surface area (Å²) in [6.45, 7) is 5.05.